The first kappa shape index (κ1) is 22.8. The number of benzene rings is 1. The lowest BCUT2D eigenvalue weighted by Crippen LogP contribution is -2.37. The maximum absolute atomic E-state index is 15.3. The quantitative estimate of drug-likeness (QED) is 0.548. The van der Waals surface area contributed by atoms with Crippen molar-refractivity contribution < 1.29 is 37.5 Å². The number of aryl methyl sites for hydroxylation is 2. The molecule has 2 aliphatic heterocycles. The predicted octanol–water partition coefficient (Wildman–Crippen LogP) is 1.33. The summed E-state index contributed by atoms with van der Waals surface area (Å²) in [5.41, 5.74) is 0.409. The average Bonchev–Trinajstić information content (AvgIpc) is 3.02. The van der Waals surface area contributed by atoms with Crippen molar-refractivity contribution in [3.63, 3.8) is 0 Å². The fourth-order valence-electron chi connectivity index (χ4n) is 3.73. The van der Waals surface area contributed by atoms with E-state index in [0.717, 1.165) is 16.3 Å². The Bertz CT molecular complexity index is 1210. The Kier molecular flexibility index (Phi) is 5.86. The molecule has 0 radical (unpaired) electrons. The molecule has 3 heterocycles. The molecule has 1 fully saturated rings. The van der Waals surface area contributed by atoms with Gasteiger partial charge in [0.15, 0.2) is 6.23 Å². The van der Waals surface area contributed by atoms with Crippen molar-refractivity contribution in [3.8, 4) is 5.75 Å². The summed E-state index contributed by atoms with van der Waals surface area (Å²) < 4.78 is 49.9. The average molecular weight is 472 g/mol. The fraction of sp³-hybridized carbons (Fsp3) is 0.474. The van der Waals surface area contributed by atoms with E-state index in [1.165, 1.54) is 0 Å². The molecule has 1 saturated heterocycles. The molecule has 32 heavy (non-hydrogen) atoms. The third-order valence-electron chi connectivity index (χ3n) is 5.18. The number of rotatable bonds is 5. The Hall–Kier alpha value is -2.34. The monoisotopic (exact) mass is 472 g/mol. The van der Waals surface area contributed by atoms with Gasteiger partial charge in [-0.15, -0.1) is 0 Å². The topological polar surface area (TPSA) is 149 Å². The van der Waals surface area contributed by atoms with Gasteiger partial charge in [0.1, 0.15) is 18.5 Å². The summed E-state index contributed by atoms with van der Waals surface area (Å²) in [7, 11) is -4.17. The molecule has 4 rings (SSSR count). The molecule has 2 aliphatic rings. The zero-order valence-electron chi connectivity index (χ0n) is 17.2. The molecule has 0 amide bonds. The summed E-state index contributed by atoms with van der Waals surface area (Å²) in [6.07, 6.45) is -2.66. The molecule has 0 aliphatic carbocycles. The first-order chi connectivity index (χ1) is 15.0. The Balaban J connectivity index is 1.49. The van der Waals surface area contributed by atoms with Crippen molar-refractivity contribution in [2.24, 2.45) is 0 Å². The van der Waals surface area contributed by atoms with E-state index in [4.69, 9.17) is 18.3 Å². The number of phosphoric acid groups is 1. The van der Waals surface area contributed by atoms with Crippen molar-refractivity contribution in [2.75, 3.05) is 6.61 Å². The second kappa shape index (κ2) is 8.22. The van der Waals surface area contributed by atoms with Crippen LogP contribution in [0, 0.1) is 13.8 Å². The van der Waals surface area contributed by atoms with E-state index in [9.17, 15) is 24.4 Å². The summed E-state index contributed by atoms with van der Waals surface area (Å²) in [5.74, 6) is -2.30. The molecule has 4 atom stereocenters. The van der Waals surface area contributed by atoms with Crippen LogP contribution in [0.15, 0.2) is 27.9 Å². The molecule has 13 heteroatoms. The van der Waals surface area contributed by atoms with Gasteiger partial charge in [-0.1, -0.05) is 17.7 Å². The van der Waals surface area contributed by atoms with Crippen molar-refractivity contribution in [1.29, 1.82) is 0 Å². The van der Waals surface area contributed by atoms with Crippen LogP contribution in [0.3, 0.4) is 0 Å². The number of nitrogens with zero attached hydrogens (tertiary/aromatic N) is 1. The fourth-order valence-corrected chi connectivity index (χ4v) is 5.04. The van der Waals surface area contributed by atoms with Crippen LogP contribution in [0.2, 0.25) is 0 Å². The molecule has 0 bridgehead atoms. The third kappa shape index (κ3) is 4.29. The first-order valence-corrected chi connectivity index (χ1v) is 11.2. The molecule has 0 spiro atoms. The number of nitrogens with one attached hydrogen (secondary N) is 1. The van der Waals surface area contributed by atoms with Gasteiger partial charge in [0.25, 0.3) is 5.56 Å². The van der Waals surface area contributed by atoms with Crippen LogP contribution in [0.1, 0.15) is 34.9 Å². The van der Waals surface area contributed by atoms with Gasteiger partial charge in [0.2, 0.25) is 5.85 Å². The highest BCUT2D eigenvalue weighted by atomic mass is 31.2. The highest BCUT2D eigenvalue weighted by molar-refractivity contribution is 7.49. The lowest BCUT2D eigenvalue weighted by Gasteiger charge is -2.28. The van der Waals surface area contributed by atoms with Crippen LogP contribution in [-0.2, 0) is 31.6 Å². The summed E-state index contributed by atoms with van der Waals surface area (Å²) in [5, 5.41) is 19.5. The maximum Gasteiger partial charge on any atom is 0.530 e. The second-order valence-electron chi connectivity index (χ2n) is 7.80. The van der Waals surface area contributed by atoms with Gasteiger partial charge in [-0.2, -0.15) is 0 Å². The number of phosphoric ester groups is 1. The van der Waals surface area contributed by atoms with Gasteiger partial charge < -0.3 is 19.5 Å². The van der Waals surface area contributed by atoms with Gasteiger partial charge in [-0.05, 0) is 19.4 Å². The number of fused-ring (bicyclic) bond motifs is 1. The summed E-state index contributed by atoms with van der Waals surface area (Å²) in [4.78, 5) is 25.6. The number of hydrogen-bond acceptors (Lipinski definition) is 9. The normalized spacial score (nSPS) is 29.5. The van der Waals surface area contributed by atoms with Crippen LogP contribution in [0.4, 0.5) is 4.39 Å². The van der Waals surface area contributed by atoms with E-state index in [1.54, 1.807) is 6.92 Å². The number of aromatic amines is 1. The number of H-pyrrole nitrogens is 1. The lowest BCUT2D eigenvalue weighted by molar-refractivity contribution is -0.179. The van der Waals surface area contributed by atoms with E-state index in [1.807, 2.05) is 24.0 Å². The Morgan fingerprint density at radius 1 is 1.38 bits per heavy atom. The van der Waals surface area contributed by atoms with Crippen LogP contribution in [-0.4, -0.2) is 38.3 Å². The second-order valence-corrected chi connectivity index (χ2v) is 9.39. The highest BCUT2D eigenvalue weighted by Gasteiger charge is 2.50. The summed E-state index contributed by atoms with van der Waals surface area (Å²) in [6.45, 7) is 2.00. The van der Waals surface area contributed by atoms with Crippen LogP contribution < -0.4 is 15.8 Å². The maximum atomic E-state index is 15.3. The molecule has 174 valence electrons. The number of halogens is 1. The van der Waals surface area contributed by atoms with Crippen molar-refractivity contribution in [1.82, 2.24) is 9.55 Å². The Labute approximate surface area is 180 Å². The van der Waals surface area contributed by atoms with Gasteiger partial charge in [0.05, 0.1) is 18.8 Å². The Morgan fingerprint density at radius 2 is 2.12 bits per heavy atom. The molecular weight excluding hydrogens is 450 g/mol. The third-order valence-corrected chi connectivity index (χ3v) is 6.47. The zero-order valence-corrected chi connectivity index (χ0v) is 18.1. The molecule has 0 saturated carbocycles. The van der Waals surface area contributed by atoms with E-state index >= 15 is 4.39 Å². The van der Waals surface area contributed by atoms with E-state index in [0.29, 0.717) is 16.9 Å². The van der Waals surface area contributed by atoms with E-state index in [2.05, 4.69) is 0 Å². The standard InChI is InChI=1S/C19H22FN2O9P/c1-10-3-11(2)15-12(4-10)8-28-32(27,31-15)29-9-19(20)5-14(24)17(30-19)22-6-13(7-23)16(25)21-18(22)26/h3-4,6,14,17,23-24H,5,7-9H2,1-2H3,(H,21,25,26)/t14-,17-,19+,32?/m1/s1. The molecular formula is C19H22FN2O9P. The van der Waals surface area contributed by atoms with Crippen LogP contribution in [0.25, 0.3) is 0 Å². The predicted molar refractivity (Wildman–Crippen MR) is 107 cm³/mol. The smallest absolute Gasteiger partial charge is 0.403 e. The van der Waals surface area contributed by atoms with E-state index in [-0.39, 0.29) is 12.2 Å². The number of aliphatic hydroxyl groups is 2. The number of ether oxygens (including phenoxy) is 1. The van der Waals surface area contributed by atoms with Gasteiger partial charge in [0, 0.05) is 18.2 Å². The van der Waals surface area contributed by atoms with Gasteiger partial charge in [-0.3, -0.25) is 23.4 Å². The number of aliphatic hydroxyl groups excluding tert-OH is 2. The lowest BCUT2D eigenvalue weighted by atomic mass is 10.1. The molecule has 3 N–H and O–H groups in total. The van der Waals surface area contributed by atoms with Crippen molar-refractivity contribution in [3.05, 3.63) is 61.4 Å². The number of hydrogen-bond donors (Lipinski definition) is 3. The molecule has 2 aromatic rings. The minimum atomic E-state index is -4.17. The number of alkyl halides is 1. The highest BCUT2D eigenvalue weighted by Crippen LogP contribution is 2.56. The van der Waals surface area contributed by atoms with Crippen LogP contribution >= 0.6 is 7.82 Å². The molecule has 11 nitrogen and oxygen atoms in total. The summed E-state index contributed by atoms with van der Waals surface area (Å²) >= 11 is 0. The van der Waals surface area contributed by atoms with Gasteiger partial charge >= 0.3 is 13.5 Å². The van der Waals surface area contributed by atoms with Crippen LogP contribution in [0.5, 0.6) is 5.75 Å². The molecule has 1 unspecified atom stereocenters. The van der Waals surface area contributed by atoms with Crippen molar-refractivity contribution >= 4 is 7.82 Å². The molecule has 1 aromatic carbocycles. The van der Waals surface area contributed by atoms with E-state index < -0.39 is 56.9 Å². The number of aromatic nitrogens is 2. The Morgan fingerprint density at radius 3 is 2.84 bits per heavy atom. The van der Waals surface area contributed by atoms with Crippen molar-refractivity contribution in [2.45, 2.75) is 51.7 Å². The first-order valence-electron chi connectivity index (χ1n) is 9.71. The SMILES string of the molecule is Cc1cc(C)c2c(c1)COP(=O)(OC[C@]1(F)C[C@@H](O)[C@H](n3cc(CO)c(=O)[nH]c3=O)O1)O2. The minimum absolute atomic E-state index is 0.0583. The summed E-state index contributed by atoms with van der Waals surface area (Å²) in [6, 6.07) is 3.64. The van der Waals surface area contributed by atoms with Gasteiger partial charge in [-0.25, -0.2) is 13.8 Å². The minimum Gasteiger partial charge on any atom is -0.403 e. The zero-order chi connectivity index (χ0) is 23.3. The largest absolute Gasteiger partial charge is 0.530 e. The molecule has 1 aromatic heterocycles.